The first-order chi connectivity index (χ1) is 17.8. The molecule has 2 aromatic carbocycles. The SMILES string of the molecule is Cc1cccc(CCCN2CCc3nc(C)c(CC(=O)O)c(-c4cc(F)c5c(c4C)CCCO5)c3C2)c1. The Balaban J connectivity index is 1.52. The lowest BCUT2D eigenvalue weighted by Crippen LogP contribution is -2.33. The highest BCUT2D eigenvalue weighted by molar-refractivity contribution is 5.82. The number of hydrogen-bond acceptors (Lipinski definition) is 4. The molecule has 0 unspecified atom stereocenters. The molecular weight excluding hydrogens is 467 g/mol. The van der Waals surface area contributed by atoms with Gasteiger partial charge in [-0.1, -0.05) is 29.8 Å². The molecule has 0 atom stereocenters. The molecule has 0 aliphatic carbocycles. The molecule has 0 saturated heterocycles. The van der Waals surface area contributed by atoms with Gasteiger partial charge in [-0.3, -0.25) is 14.7 Å². The average molecular weight is 503 g/mol. The molecule has 0 bridgehead atoms. The number of rotatable bonds is 7. The zero-order chi connectivity index (χ0) is 26.1. The van der Waals surface area contributed by atoms with E-state index in [1.807, 2.05) is 13.8 Å². The van der Waals surface area contributed by atoms with Crippen LogP contribution in [0.25, 0.3) is 11.1 Å². The van der Waals surface area contributed by atoms with Gasteiger partial charge >= 0.3 is 5.97 Å². The van der Waals surface area contributed by atoms with Crippen molar-refractivity contribution < 1.29 is 19.0 Å². The standard InChI is InChI=1S/C31H35FN2O3/c1-19-7-4-8-22(15-19)9-5-12-34-13-11-28-26(18-34)30(25(17-29(35)36)21(3)33-28)24-16-27(32)31-23(20(24)2)10-6-14-37-31/h4,7-8,15-16H,5-6,9-14,17-18H2,1-3H3,(H,35,36). The van der Waals surface area contributed by atoms with Crippen LogP contribution >= 0.6 is 0 Å². The van der Waals surface area contributed by atoms with Crippen LogP contribution in [0.5, 0.6) is 5.75 Å². The van der Waals surface area contributed by atoms with Crippen molar-refractivity contribution in [3.8, 4) is 16.9 Å². The maximum absolute atomic E-state index is 15.3. The Labute approximate surface area is 218 Å². The Hall–Kier alpha value is -3.25. The smallest absolute Gasteiger partial charge is 0.307 e. The summed E-state index contributed by atoms with van der Waals surface area (Å²) in [5.74, 6) is -0.924. The molecule has 2 aliphatic heterocycles. The Bertz CT molecular complexity index is 1350. The van der Waals surface area contributed by atoms with E-state index in [4.69, 9.17) is 9.72 Å². The summed E-state index contributed by atoms with van der Waals surface area (Å²) < 4.78 is 21.0. The van der Waals surface area contributed by atoms with Gasteiger partial charge in [0.05, 0.1) is 13.0 Å². The van der Waals surface area contributed by atoms with Crippen molar-refractivity contribution in [3.05, 3.63) is 80.9 Å². The Morgan fingerprint density at radius 3 is 2.78 bits per heavy atom. The molecule has 0 radical (unpaired) electrons. The monoisotopic (exact) mass is 502 g/mol. The minimum absolute atomic E-state index is 0.135. The number of halogens is 1. The van der Waals surface area contributed by atoms with Gasteiger partial charge in [-0.2, -0.15) is 0 Å². The predicted octanol–water partition coefficient (Wildman–Crippen LogP) is 5.76. The second-order valence-electron chi connectivity index (χ2n) is 10.5. The van der Waals surface area contributed by atoms with Crippen molar-refractivity contribution in [2.75, 3.05) is 19.7 Å². The molecule has 5 rings (SSSR count). The number of fused-ring (bicyclic) bond motifs is 2. The fourth-order valence-electron chi connectivity index (χ4n) is 5.96. The molecule has 3 aromatic rings. The number of pyridine rings is 1. The molecule has 0 saturated carbocycles. The molecule has 0 fully saturated rings. The van der Waals surface area contributed by atoms with Gasteiger partial charge in [-0.25, -0.2) is 4.39 Å². The Morgan fingerprint density at radius 2 is 2.00 bits per heavy atom. The number of hydrogen-bond donors (Lipinski definition) is 1. The van der Waals surface area contributed by atoms with E-state index in [0.717, 1.165) is 84.4 Å². The van der Waals surface area contributed by atoms with Crippen LogP contribution < -0.4 is 4.74 Å². The highest BCUT2D eigenvalue weighted by Crippen LogP contribution is 2.42. The summed E-state index contributed by atoms with van der Waals surface area (Å²) in [6, 6.07) is 10.2. The van der Waals surface area contributed by atoms with Crippen molar-refractivity contribution in [2.24, 2.45) is 0 Å². The number of nitrogens with zero attached hydrogens (tertiary/aromatic N) is 2. The quantitative estimate of drug-likeness (QED) is 0.445. The Kier molecular flexibility index (Phi) is 7.29. The van der Waals surface area contributed by atoms with E-state index in [9.17, 15) is 9.90 Å². The largest absolute Gasteiger partial charge is 0.490 e. The second-order valence-corrected chi connectivity index (χ2v) is 10.5. The van der Waals surface area contributed by atoms with E-state index < -0.39 is 5.97 Å². The first kappa shape index (κ1) is 25.4. The summed E-state index contributed by atoms with van der Waals surface area (Å²) in [6.45, 7) is 9.08. The molecule has 6 heteroatoms. The normalized spacial score (nSPS) is 15.1. The first-order valence-corrected chi connectivity index (χ1v) is 13.3. The first-order valence-electron chi connectivity index (χ1n) is 13.3. The third kappa shape index (κ3) is 5.26. The predicted molar refractivity (Wildman–Crippen MR) is 143 cm³/mol. The maximum atomic E-state index is 15.3. The topological polar surface area (TPSA) is 62.7 Å². The molecule has 3 heterocycles. The number of aliphatic carboxylic acids is 1. The number of benzene rings is 2. The molecule has 1 aromatic heterocycles. The second kappa shape index (κ2) is 10.6. The van der Waals surface area contributed by atoms with Crippen molar-refractivity contribution in [1.82, 2.24) is 9.88 Å². The number of aromatic nitrogens is 1. The van der Waals surface area contributed by atoms with E-state index in [2.05, 4.69) is 36.1 Å². The van der Waals surface area contributed by atoms with E-state index >= 15 is 4.39 Å². The van der Waals surface area contributed by atoms with Gasteiger partial charge in [0.15, 0.2) is 11.6 Å². The third-order valence-corrected chi connectivity index (χ3v) is 7.79. The van der Waals surface area contributed by atoms with Crippen LogP contribution in [-0.4, -0.2) is 40.7 Å². The fraction of sp³-hybridized carbons (Fsp3) is 0.419. The van der Waals surface area contributed by atoms with Gasteiger partial charge < -0.3 is 9.84 Å². The number of carbonyl (C=O) groups is 1. The highest BCUT2D eigenvalue weighted by Gasteiger charge is 2.29. The van der Waals surface area contributed by atoms with Gasteiger partial charge in [-0.05, 0) is 92.4 Å². The molecule has 194 valence electrons. The zero-order valence-corrected chi connectivity index (χ0v) is 22.0. The van der Waals surface area contributed by atoms with Gasteiger partial charge in [0.25, 0.3) is 0 Å². The van der Waals surface area contributed by atoms with E-state index in [1.54, 1.807) is 6.07 Å². The highest BCUT2D eigenvalue weighted by atomic mass is 19.1. The minimum Gasteiger partial charge on any atom is -0.490 e. The number of aryl methyl sites for hydroxylation is 3. The summed E-state index contributed by atoms with van der Waals surface area (Å²) in [5.41, 5.74) is 9.60. The third-order valence-electron chi connectivity index (χ3n) is 7.79. The van der Waals surface area contributed by atoms with Crippen LogP contribution in [0.3, 0.4) is 0 Å². The summed E-state index contributed by atoms with van der Waals surface area (Å²) in [7, 11) is 0. The zero-order valence-electron chi connectivity index (χ0n) is 22.0. The van der Waals surface area contributed by atoms with E-state index in [1.165, 1.54) is 11.1 Å². The van der Waals surface area contributed by atoms with Crippen LogP contribution in [0.15, 0.2) is 30.3 Å². The van der Waals surface area contributed by atoms with E-state index in [0.29, 0.717) is 24.5 Å². The summed E-state index contributed by atoms with van der Waals surface area (Å²) >= 11 is 0. The van der Waals surface area contributed by atoms with Crippen LogP contribution in [0, 0.1) is 26.6 Å². The molecule has 0 amide bonds. The fourth-order valence-corrected chi connectivity index (χ4v) is 5.96. The van der Waals surface area contributed by atoms with Crippen molar-refractivity contribution in [2.45, 2.75) is 65.8 Å². The minimum atomic E-state index is -0.906. The lowest BCUT2D eigenvalue weighted by Gasteiger charge is -2.32. The summed E-state index contributed by atoms with van der Waals surface area (Å²) in [5, 5.41) is 9.75. The number of carboxylic acid groups (broad SMARTS) is 1. The molecule has 1 N–H and O–H groups in total. The lowest BCUT2D eigenvalue weighted by molar-refractivity contribution is -0.136. The number of carboxylic acids is 1. The van der Waals surface area contributed by atoms with Gasteiger partial charge in [0, 0.05) is 36.5 Å². The summed E-state index contributed by atoms with van der Waals surface area (Å²) in [4.78, 5) is 19.2. The maximum Gasteiger partial charge on any atom is 0.307 e. The molecular formula is C31H35FN2O3. The van der Waals surface area contributed by atoms with Crippen molar-refractivity contribution >= 4 is 5.97 Å². The summed E-state index contributed by atoms with van der Waals surface area (Å²) in [6.07, 6.45) is 4.33. The van der Waals surface area contributed by atoms with Gasteiger partial charge in [0.1, 0.15) is 0 Å². The number of ether oxygens (including phenoxy) is 1. The average Bonchev–Trinajstić information content (AvgIpc) is 2.87. The Morgan fingerprint density at radius 1 is 1.16 bits per heavy atom. The lowest BCUT2D eigenvalue weighted by atomic mass is 9.84. The molecule has 37 heavy (non-hydrogen) atoms. The molecule has 0 spiro atoms. The molecule has 5 nitrogen and oxygen atoms in total. The van der Waals surface area contributed by atoms with Gasteiger partial charge in [0.2, 0.25) is 0 Å². The van der Waals surface area contributed by atoms with Crippen molar-refractivity contribution in [3.63, 3.8) is 0 Å². The van der Waals surface area contributed by atoms with Crippen LogP contribution in [0.2, 0.25) is 0 Å². The van der Waals surface area contributed by atoms with Crippen LogP contribution in [0.1, 0.15) is 57.6 Å². The van der Waals surface area contributed by atoms with Gasteiger partial charge in [-0.15, -0.1) is 0 Å². The van der Waals surface area contributed by atoms with E-state index in [-0.39, 0.29) is 12.2 Å². The van der Waals surface area contributed by atoms with Crippen LogP contribution in [-0.2, 0) is 37.0 Å². The van der Waals surface area contributed by atoms with Crippen LogP contribution in [0.4, 0.5) is 4.39 Å². The molecule has 2 aliphatic rings. The van der Waals surface area contributed by atoms with Crippen molar-refractivity contribution in [1.29, 1.82) is 0 Å².